The number of ether oxygens (including phenoxy) is 1. The Labute approximate surface area is 102 Å². The van der Waals surface area contributed by atoms with Crippen LogP contribution in [0.15, 0.2) is 24.4 Å². The molecule has 0 aliphatic rings. The average molecular weight is 254 g/mol. The molecule has 2 heterocycles. The lowest BCUT2D eigenvalue weighted by Gasteiger charge is -2.03. The minimum absolute atomic E-state index is 0.299. The number of methoxy groups -OCH3 is 1. The van der Waals surface area contributed by atoms with Gasteiger partial charge in [-0.15, -0.1) is 0 Å². The smallest absolute Gasteiger partial charge is 0.179 e. The Morgan fingerprint density at radius 2 is 2.18 bits per heavy atom. The molecule has 0 radical (unpaired) electrons. The van der Waals surface area contributed by atoms with Gasteiger partial charge >= 0.3 is 0 Å². The fourth-order valence-corrected chi connectivity index (χ4v) is 1.51. The van der Waals surface area contributed by atoms with Gasteiger partial charge < -0.3 is 4.74 Å². The van der Waals surface area contributed by atoms with E-state index in [0.29, 0.717) is 29.0 Å². The van der Waals surface area contributed by atoms with Gasteiger partial charge in [0.15, 0.2) is 5.82 Å². The third-order valence-corrected chi connectivity index (χ3v) is 2.19. The van der Waals surface area contributed by atoms with Crippen molar-refractivity contribution in [3.05, 3.63) is 41.1 Å². The fraction of sp³-hybridized carbons (Fsp3) is 0.182. The maximum atomic E-state index is 12.7. The molecular weight excluding hydrogens is 245 g/mol. The van der Waals surface area contributed by atoms with Gasteiger partial charge in [0.25, 0.3) is 0 Å². The van der Waals surface area contributed by atoms with E-state index in [4.69, 9.17) is 16.3 Å². The van der Waals surface area contributed by atoms with Crippen molar-refractivity contribution < 1.29 is 9.13 Å². The van der Waals surface area contributed by atoms with E-state index in [1.54, 1.807) is 13.2 Å². The Kier molecular flexibility index (Phi) is 3.61. The number of hydrogen-bond acceptors (Lipinski definition) is 4. The number of nitrogens with zero attached hydrogens (tertiary/aromatic N) is 3. The summed E-state index contributed by atoms with van der Waals surface area (Å²) in [6.45, 7) is 0.330. The van der Waals surface area contributed by atoms with Gasteiger partial charge in [0.05, 0.1) is 18.5 Å². The van der Waals surface area contributed by atoms with Crippen LogP contribution in [0.5, 0.6) is 0 Å². The van der Waals surface area contributed by atoms with Crippen molar-refractivity contribution in [3.63, 3.8) is 0 Å². The van der Waals surface area contributed by atoms with Crippen LogP contribution in [-0.4, -0.2) is 22.1 Å². The third kappa shape index (κ3) is 2.95. The molecule has 0 saturated carbocycles. The molecule has 2 rings (SSSR count). The van der Waals surface area contributed by atoms with Gasteiger partial charge in [0.1, 0.15) is 16.7 Å². The molecule has 6 heteroatoms. The van der Waals surface area contributed by atoms with Gasteiger partial charge in [-0.25, -0.2) is 19.3 Å². The number of rotatable bonds is 3. The van der Waals surface area contributed by atoms with Gasteiger partial charge in [0, 0.05) is 7.11 Å². The Bertz CT molecular complexity index is 519. The predicted octanol–water partition coefficient (Wildman–Crippen LogP) is 2.48. The summed E-state index contributed by atoms with van der Waals surface area (Å²) in [4.78, 5) is 12.1. The average Bonchev–Trinajstić information content (AvgIpc) is 2.29. The predicted molar refractivity (Wildman–Crippen MR) is 60.9 cm³/mol. The van der Waals surface area contributed by atoms with Crippen molar-refractivity contribution in [2.24, 2.45) is 0 Å². The highest BCUT2D eigenvalue weighted by atomic mass is 35.5. The summed E-state index contributed by atoms with van der Waals surface area (Å²) in [5.41, 5.74) is 1.11. The highest BCUT2D eigenvalue weighted by Crippen LogP contribution is 2.16. The lowest BCUT2D eigenvalue weighted by Crippen LogP contribution is -1.98. The molecule has 0 spiro atoms. The summed E-state index contributed by atoms with van der Waals surface area (Å²) in [5, 5.41) is 0.299. The van der Waals surface area contributed by atoms with Crippen LogP contribution < -0.4 is 0 Å². The summed E-state index contributed by atoms with van der Waals surface area (Å²) in [7, 11) is 1.56. The van der Waals surface area contributed by atoms with E-state index >= 15 is 0 Å². The van der Waals surface area contributed by atoms with Gasteiger partial charge in [0.2, 0.25) is 0 Å². The van der Waals surface area contributed by atoms with Crippen molar-refractivity contribution in [3.8, 4) is 11.5 Å². The van der Waals surface area contributed by atoms with Crippen LogP contribution in [0.1, 0.15) is 5.69 Å². The quantitative estimate of drug-likeness (QED) is 0.789. The Balaban J connectivity index is 2.40. The van der Waals surface area contributed by atoms with Crippen LogP contribution in [0.3, 0.4) is 0 Å². The zero-order valence-corrected chi connectivity index (χ0v) is 9.78. The third-order valence-electron chi connectivity index (χ3n) is 2.00. The standard InChI is InChI=1S/C11H9ClFN3O/c1-17-6-8-4-10(12)16-11(15-8)9-3-2-7(13)5-14-9/h2-5H,6H2,1H3. The molecular formula is C11H9ClFN3O. The van der Waals surface area contributed by atoms with E-state index in [0.717, 1.165) is 6.20 Å². The van der Waals surface area contributed by atoms with Crippen molar-refractivity contribution in [2.75, 3.05) is 7.11 Å². The molecule has 0 N–H and O–H groups in total. The summed E-state index contributed by atoms with van der Waals surface area (Å²) >= 11 is 5.86. The number of halogens is 2. The van der Waals surface area contributed by atoms with Gasteiger partial charge in [-0.1, -0.05) is 11.6 Å². The summed E-state index contributed by atoms with van der Waals surface area (Å²) in [6.07, 6.45) is 1.11. The Hall–Kier alpha value is -1.59. The van der Waals surface area contributed by atoms with Crippen LogP contribution in [-0.2, 0) is 11.3 Å². The van der Waals surface area contributed by atoms with Gasteiger partial charge in [-0.05, 0) is 18.2 Å². The van der Waals surface area contributed by atoms with Crippen LogP contribution in [0.4, 0.5) is 4.39 Å². The van der Waals surface area contributed by atoms with E-state index < -0.39 is 5.82 Å². The zero-order chi connectivity index (χ0) is 12.3. The van der Waals surface area contributed by atoms with Crippen LogP contribution in [0, 0.1) is 5.82 Å². The molecule has 0 atom stereocenters. The highest BCUT2D eigenvalue weighted by Gasteiger charge is 2.07. The van der Waals surface area contributed by atoms with Crippen LogP contribution in [0.25, 0.3) is 11.5 Å². The molecule has 4 nitrogen and oxygen atoms in total. The van der Waals surface area contributed by atoms with Crippen molar-refractivity contribution in [2.45, 2.75) is 6.61 Å². The molecule has 0 saturated heterocycles. The molecule has 2 aromatic rings. The number of pyridine rings is 1. The molecule has 0 unspecified atom stereocenters. The van der Waals surface area contributed by atoms with Gasteiger partial charge in [-0.3, -0.25) is 0 Å². The molecule has 88 valence electrons. The summed E-state index contributed by atoms with van der Waals surface area (Å²) in [6, 6.07) is 4.40. The lowest BCUT2D eigenvalue weighted by molar-refractivity contribution is 0.181. The monoisotopic (exact) mass is 253 g/mol. The molecule has 0 amide bonds. The number of aromatic nitrogens is 3. The second kappa shape index (κ2) is 5.16. The largest absolute Gasteiger partial charge is 0.378 e. The first kappa shape index (κ1) is 11.9. The maximum Gasteiger partial charge on any atom is 0.179 e. The van der Waals surface area contributed by atoms with Crippen molar-refractivity contribution in [1.29, 1.82) is 0 Å². The van der Waals surface area contributed by atoms with E-state index in [1.807, 2.05) is 0 Å². The first-order valence-electron chi connectivity index (χ1n) is 4.83. The van der Waals surface area contributed by atoms with Gasteiger partial charge in [-0.2, -0.15) is 0 Å². The first-order chi connectivity index (χ1) is 8.19. The second-order valence-electron chi connectivity index (χ2n) is 3.30. The van der Waals surface area contributed by atoms with E-state index in [-0.39, 0.29) is 0 Å². The number of hydrogen-bond donors (Lipinski definition) is 0. The van der Waals surface area contributed by atoms with E-state index in [2.05, 4.69) is 15.0 Å². The molecule has 0 aromatic carbocycles. The molecule has 0 aliphatic carbocycles. The van der Waals surface area contributed by atoms with Crippen molar-refractivity contribution >= 4 is 11.6 Å². The summed E-state index contributed by atoms with van der Waals surface area (Å²) in [5.74, 6) is -0.0579. The van der Waals surface area contributed by atoms with E-state index in [9.17, 15) is 4.39 Å². The minimum Gasteiger partial charge on any atom is -0.378 e. The first-order valence-corrected chi connectivity index (χ1v) is 5.21. The molecule has 0 aliphatic heterocycles. The Morgan fingerprint density at radius 3 is 2.82 bits per heavy atom. The second-order valence-corrected chi connectivity index (χ2v) is 3.69. The zero-order valence-electron chi connectivity index (χ0n) is 9.02. The molecule has 2 aromatic heterocycles. The maximum absolute atomic E-state index is 12.7. The molecule has 0 bridgehead atoms. The minimum atomic E-state index is -0.409. The Morgan fingerprint density at radius 1 is 1.35 bits per heavy atom. The van der Waals surface area contributed by atoms with Crippen LogP contribution >= 0.6 is 11.6 Å². The normalized spacial score (nSPS) is 10.5. The SMILES string of the molecule is COCc1cc(Cl)nc(-c2ccc(F)cn2)n1. The van der Waals surface area contributed by atoms with E-state index in [1.165, 1.54) is 12.1 Å². The molecule has 17 heavy (non-hydrogen) atoms. The molecule has 0 fully saturated rings. The van der Waals surface area contributed by atoms with Crippen molar-refractivity contribution in [1.82, 2.24) is 15.0 Å². The fourth-order valence-electron chi connectivity index (χ4n) is 1.31. The highest BCUT2D eigenvalue weighted by molar-refractivity contribution is 6.29. The topological polar surface area (TPSA) is 47.9 Å². The van der Waals surface area contributed by atoms with Crippen LogP contribution in [0.2, 0.25) is 5.15 Å². The summed E-state index contributed by atoms with van der Waals surface area (Å²) < 4.78 is 17.7. The lowest BCUT2D eigenvalue weighted by atomic mass is 10.3.